The number of rotatable bonds is 4. The van der Waals surface area contributed by atoms with Gasteiger partial charge in [-0.25, -0.2) is 0 Å². The second-order valence-electron chi connectivity index (χ2n) is 6.32. The largest absolute Gasteiger partial charge is 0.381 e. The van der Waals surface area contributed by atoms with Crippen molar-refractivity contribution in [3.63, 3.8) is 0 Å². The van der Waals surface area contributed by atoms with Crippen molar-refractivity contribution in [2.24, 2.45) is 11.8 Å². The molecule has 0 spiro atoms. The molecule has 0 aromatic heterocycles. The summed E-state index contributed by atoms with van der Waals surface area (Å²) >= 11 is 0. The van der Waals surface area contributed by atoms with Crippen molar-refractivity contribution < 1.29 is 4.74 Å². The molecule has 2 heterocycles. The summed E-state index contributed by atoms with van der Waals surface area (Å²) in [5.41, 5.74) is 3.19. The molecule has 2 unspecified atom stereocenters. The van der Waals surface area contributed by atoms with Gasteiger partial charge in [-0.2, -0.15) is 0 Å². The zero-order chi connectivity index (χ0) is 13.0. The summed E-state index contributed by atoms with van der Waals surface area (Å²) in [7, 11) is 0. The van der Waals surface area contributed by atoms with Gasteiger partial charge in [-0.3, -0.25) is 16.2 Å². The normalized spacial score (nSPS) is 29.2. The van der Waals surface area contributed by atoms with Gasteiger partial charge >= 0.3 is 0 Å². The number of likely N-dealkylation sites (tertiary alicyclic amines) is 1. The molecule has 4 nitrogen and oxygen atoms in total. The first-order chi connectivity index (χ1) is 8.66. The number of nitrogens with zero attached hydrogens (tertiary/aromatic N) is 1. The number of hydrazine groups is 1. The van der Waals surface area contributed by atoms with Crippen LogP contribution in [-0.2, 0) is 4.74 Å². The van der Waals surface area contributed by atoms with Gasteiger partial charge in [0.25, 0.3) is 0 Å². The minimum absolute atomic E-state index is 0.109. The summed E-state index contributed by atoms with van der Waals surface area (Å²) in [6.45, 7) is 8.82. The summed E-state index contributed by atoms with van der Waals surface area (Å²) < 4.78 is 5.53. The second-order valence-corrected chi connectivity index (χ2v) is 6.32. The van der Waals surface area contributed by atoms with E-state index >= 15 is 0 Å². The van der Waals surface area contributed by atoms with Crippen molar-refractivity contribution in [1.82, 2.24) is 10.3 Å². The summed E-state index contributed by atoms with van der Waals surface area (Å²) in [5, 5.41) is 0. The molecule has 0 aromatic rings. The number of hydrogen-bond donors (Lipinski definition) is 2. The molecule has 0 saturated carbocycles. The minimum Gasteiger partial charge on any atom is -0.381 e. The van der Waals surface area contributed by atoms with E-state index in [0.29, 0.717) is 12.0 Å². The average molecular weight is 255 g/mol. The summed E-state index contributed by atoms with van der Waals surface area (Å²) in [6.07, 6.45) is 6.52. The molecule has 2 saturated heterocycles. The van der Waals surface area contributed by atoms with E-state index < -0.39 is 0 Å². The van der Waals surface area contributed by atoms with E-state index in [4.69, 9.17) is 10.6 Å². The minimum atomic E-state index is 0.109. The Hall–Kier alpha value is -0.160. The fourth-order valence-electron chi connectivity index (χ4n) is 3.58. The van der Waals surface area contributed by atoms with Gasteiger partial charge in [0.2, 0.25) is 0 Å². The molecular formula is C14H29N3O. The van der Waals surface area contributed by atoms with Crippen LogP contribution in [-0.4, -0.2) is 42.8 Å². The lowest BCUT2D eigenvalue weighted by atomic mass is 9.82. The van der Waals surface area contributed by atoms with Crippen LogP contribution in [0.5, 0.6) is 0 Å². The number of hydrogen-bond acceptors (Lipinski definition) is 4. The van der Waals surface area contributed by atoms with Gasteiger partial charge in [0.05, 0.1) is 6.61 Å². The van der Waals surface area contributed by atoms with Crippen molar-refractivity contribution in [3.8, 4) is 0 Å². The monoisotopic (exact) mass is 255 g/mol. The average Bonchev–Trinajstić information content (AvgIpc) is 2.70. The summed E-state index contributed by atoms with van der Waals surface area (Å²) in [6, 6.07) is 0.318. The van der Waals surface area contributed by atoms with Crippen LogP contribution in [0, 0.1) is 5.92 Å². The number of ether oxygens (including phenoxy) is 1. The van der Waals surface area contributed by atoms with E-state index in [1.165, 1.54) is 38.8 Å². The highest BCUT2D eigenvalue weighted by Gasteiger charge is 2.40. The van der Waals surface area contributed by atoms with Gasteiger partial charge in [-0.1, -0.05) is 12.8 Å². The quantitative estimate of drug-likeness (QED) is 0.590. The molecule has 4 heteroatoms. The maximum Gasteiger partial charge on any atom is 0.0511 e. The maximum absolute atomic E-state index is 5.85. The zero-order valence-electron chi connectivity index (χ0n) is 12.0. The molecular weight excluding hydrogens is 226 g/mol. The van der Waals surface area contributed by atoms with E-state index in [0.717, 1.165) is 19.6 Å². The first-order valence-electron chi connectivity index (χ1n) is 7.45. The Bertz CT molecular complexity index is 243. The molecule has 2 rings (SSSR count). The molecule has 0 aromatic carbocycles. The molecule has 106 valence electrons. The van der Waals surface area contributed by atoms with Gasteiger partial charge in [0.15, 0.2) is 0 Å². The summed E-state index contributed by atoms with van der Waals surface area (Å²) in [4.78, 5) is 2.63. The fraction of sp³-hybridized carbons (Fsp3) is 1.00. The van der Waals surface area contributed by atoms with Crippen LogP contribution < -0.4 is 11.3 Å². The van der Waals surface area contributed by atoms with E-state index in [-0.39, 0.29) is 5.54 Å². The van der Waals surface area contributed by atoms with Crippen LogP contribution in [0.1, 0.15) is 46.0 Å². The Labute approximate surface area is 111 Å². The molecule has 0 amide bonds. The Kier molecular flexibility index (Phi) is 5.01. The van der Waals surface area contributed by atoms with Crippen LogP contribution >= 0.6 is 0 Å². The molecule has 2 aliphatic heterocycles. The molecule has 2 fully saturated rings. The number of nitrogens with one attached hydrogen (secondary N) is 1. The van der Waals surface area contributed by atoms with Crippen LogP contribution in [0.15, 0.2) is 0 Å². The Morgan fingerprint density at radius 1 is 1.22 bits per heavy atom. The molecule has 0 aliphatic carbocycles. The van der Waals surface area contributed by atoms with Crippen molar-refractivity contribution in [3.05, 3.63) is 0 Å². The third-order valence-corrected chi connectivity index (χ3v) is 4.80. The Morgan fingerprint density at radius 3 is 2.39 bits per heavy atom. The third kappa shape index (κ3) is 3.05. The predicted molar refractivity (Wildman–Crippen MR) is 74.2 cm³/mol. The van der Waals surface area contributed by atoms with Crippen molar-refractivity contribution in [1.29, 1.82) is 0 Å². The lowest BCUT2D eigenvalue weighted by molar-refractivity contribution is 0.0538. The first-order valence-corrected chi connectivity index (χ1v) is 7.45. The van der Waals surface area contributed by atoms with Crippen LogP contribution in [0.3, 0.4) is 0 Å². The Balaban J connectivity index is 2.05. The van der Waals surface area contributed by atoms with Crippen LogP contribution in [0.2, 0.25) is 0 Å². The highest BCUT2D eigenvalue weighted by molar-refractivity contribution is 4.97. The highest BCUT2D eigenvalue weighted by atomic mass is 16.5. The maximum atomic E-state index is 5.85. The first kappa shape index (κ1) is 14.3. The SMILES string of the molecule is CC(C)(C(NN)C1CCOC1)N1CCCCCC1. The highest BCUT2D eigenvalue weighted by Crippen LogP contribution is 2.30. The lowest BCUT2D eigenvalue weighted by Crippen LogP contribution is -2.62. The lowest BCUT2D eigenvalue weighted by Gasteiger charge is -2.45. The number of nitrogens with two attached hydrogens (primary N) is 1. The molecule has 18 heavy (non-hydrogen) atoms. The van der Waals surface area contributed by atoms with E-state index in [9.17, 15) is 0 Å². The van der Waals surface area contributed by atoms with Gasteiger partial charge in [-0.05, 0) is 46.2 Å². The standard InChI is InChI=1S/C14H29N3O/c1-14(2,17-8-5-3-4-6-9-17)13(16-15)12-7-10-18-11-12/h12-13,16H,3-11,15H2,1-2H3. The van der Waals surface area contributed by atoms with Crippen LogP contribution in [0.25, 0.3) is 0 Å². The predicted octanol–water partition coefficient (Wildman–Crippen LogP) is 1.51. The van der Waals surface area contributed by atoms with E-state index in [1.807, 2.05) is 0 Å². The second kappa shape index (κ2) is 6.33. The zero-order valence-corrected chi connectivity index (χ0v) is 12.0. The van der Waals surface area contributed by atoms with Crippen molar-refractivity contribution in [2.75, 3.05) is 26.3 Å². The van der Waals surface area contributed by atoms with Crippen molar-refractivity contribution >= 4 is 0 Å². The van der Waals surface area contributed by atoms with E-state index in [2.05, 4.69) is 24.2 Å². The molecule has 2 aliphatic rings. The van der Waals surface area contributed by atoms with Gasteiger partial charge in [0, 0.05) is 24.1 Å². The molecule has 0 radical (unpaired) electrons. The van der Waals surface area contributed by atoms with Gasteiger partial charge < -0.3 is 4.74 Å². The molecule has 2 atom stereocenters. The third-order valence-electron chi connectivity index (χ3n) is 4.80. The van der Waals surface area contributed by atoms with E-state index in [1.54, 1.807) is 0 Å². The van der Waals surface area contributed by atoms with Gasteiger partial charge in [0.1, 0.15) is 0 Å². The molecule has 3 N–H and O–H groups in total. The fourth-order valence-corrected chi connectivity index (χ4v) is 3.58. The summed E-state index contributed by atoms with van der Waals surface area (Å²) in [5.74, 6) is 6.40. The smallest absolute Gasteiger partial charge is 0.0511 e. The Morgan fingerprint density at radius 2 is 1.89 bits per heavy atom. The molecule has 0 bridgehead atoms. The van der Waals surface area contributed by atoms with Gasteiger partial charge in [-0.15, -0.1) is 0 Å². The van der Waals surface area contributed by atoms with Crippen LogP contribution in [0.4, 0.5) is 0 Å². The van der Waals surface area contributed by atoms with Crippen molar-refractivity contribution in [2.45, 2.75) is 57.5 Å². The topological polar surface area (TPSA) is 50.5 Å².